The smallest absolute Gasteiger partial charge is 0.290 e. The summed E-state index contributed by atoms with van der Waals surface area (Å²) in [5.74, 6) is -0.806. The Morgan fingerprint density at radius 2 is 1.83 bits per heavy atom. The zero-order chi connectivity index (χ0) is 17.2. The largest absolute Gasteiger partial charge is 0.440 e. The van der Waals surface area contributed by atoms with Gasteiger partial charge in [-0.2, -0.15) is 0 Å². The van der Waals surface area contributed by atoms with Crippen LogP contribution in [0.1, 0.15) is 36.0 Å². The van der Waals surface area contributed by atoms with E-state index in [1.165, 1.54) is 29.2 Å². The molecule has 1 aromatic carbocycles. The minimum atomic E-state index is -3.50. The van der Waals surface area contributed by atoms with Crippen LogP contribution in [-0.4, -0.2) is 32.0 Å². The Labute approximate surface area is 134 Å². The van der Waals surface area contributed by atoms with Gasteiger partial charge in [0.15, 0.2) is 5.76 Å². The topological polar surface area (TPSA) is 67.6 Å². The van der Waals surface area contributed by atoms with Crippen molar-refractivity contribution in [2.75, 3.05) is 12.8 Å². The third kappa shape index (κ3) is 3.79. The highest BCUT2D eigenvalue weighted by molar-refractivity contribution is 7.90. The standard InChI is InChI=1S/C16H18FNO4S/c1-4-18(11(2)12-5-7-13(17)8-6-12)16(19)14-9-10-15(22-14)23(3,20)21/h5-11H,4H2,1-3H3/t11-/m0/s1. The summed E-state index contributed by atoms with van der Waals surface area (Å²) in [6.07, 6.45) is 1.01. The molecule has 0 fully saturated rings. The van der Waals surface area contributed by atoms with E-state index in [1.54, 1.807) is 19.1 Å². The van der Waals surface area contributed by atoms with Crippen LogP contribution >= 0.6 is 0 Å². The molecule has 0 saturated heterocycles. The molecule has 2 aromatic rings. The molecule has 1 amide bonds. The number of benzene rings is 1. The minimum Gasteiger partial charge on any atom is -0.440 e. The fraction of sp³-hybridized carbons (Fsp3) is 0.312. The van der Waals surface area contributed by atoms with Crippen molar-refractivity contribution >= 4 is 15.7 Å². The Hall–Kier alpha value is -2.15. The third-order valence-corrected chi connectivity index (χ3v) is 4.53. The van der Waals surface area contributed by atoms with Crippen LogP contribution in [0, 0.1) is 5.82 Å². The van der Waals surface area contributed by atoms with Crippen molar-refractivity contribution in [1.82, 2.24) is 4.90 Å². The van der Waals surface area contributed by atoms with E-state index in [0.717, 1.165) is 11.8 Å². The second-order valence-electron chi connectivity index (χ2n) is 5.21. The van der Waals surface area contributed by atoms with E-state index in [9.17, 15) is 17.6 Å². The van der Waals surface area contributed by atoms with Crippen LogP contribution < -0.4 is 0 Å². The fourth-order valence-electron chi connectivity index (χ4n) is 2.29. The molecule has 0 N–H and O–H groups in total. The lowest BCUT2D eigenvalue weighted by atomic mass is 10.1. The van der Waals surface area contributed by atoms with E-state index in [-0.39, 0.29) is 22.7 Å². The molecule has 1 aromatic heterocycles. The van der Waals surface area contributed by atoms with Gasteiger partial charge in [0.2, 0.25) is 14.9 Å². The van der Waals surface area contributed by atoms with Gasteiger partial charge in [0.05, 0.1) is 6.04 Å². The summed E-state index contributed by atoms with van der Waals surface area (Å²) in [6, 6.07) is 8.19. The van der Waals surface area contributed by atoms with Crippen molar-refractivity contribution < 1.29 is 22.0 Å². The molecule has 5 nitrogen and oxygen atoms in total. The van der Waals surface area contributed by atoms with Crippen LogP contribution in [0.2, 0.25) is 0 Å². The number of carbonyl (C=O) groups is 1. The Bertz CT molecular complexity index is 796. The highest BCUT2D eigenvalue weighted by atomic mass is 32.2. The number of nitrogens with zero attached hydrogens (tertiary/aromatic N) is 1. The maximum atomic E-state index is 13.0. The predicted molar refractivity (Wildman–Crippen MR) is 83.3 cm³/mol. The summed E-state index contributed by atoms with van der Waals surface area (Å²) in [5, 5.41) is -0.244. The highest BCUT2D eigenvalue weighted by Gasteiger charge is 2.25. The van der Waals surface area contributed by atoms with Crippen molar-refractivity contribution in [1.29, 1.82) is 0 Å². The van der Waals surface area contributed by atoms with Gasteiger partial charge in [-0.1, -0.05) is 12.1 Å². The highest BCUT2D eigenvalue weighted by Crippen LogP contribution is 2.24. The molecule has 0 aliphatic rings. The summed E-state index contributed by atoms with van der Waals surface area (Å²) in [7, 11) is -3.50. The molecule has 0 aliphatic heterocycles. The van der Waals surface area contributed by atoms with Gasteiger partial charge in [-0.25, -0.2) is 12.8 Å². The summed E-state index contributed by atoms with van der Waals surface area (Å²) >= 11 is 0. The van der Waals surface area contributed by atoms with Gasteiger partial charge in [-0.15, -0.1) is 0 Å². The number of sulfone groups is 1. The molecule has 0 unspecified atom stereocenters. The first-order valence-electron chi connectivity index (χ1n) is 7.10. The van der Waals surface area contributed by atoms with Gasteiger partial charge in [0.25, 0.3) is 5.91 Å². The number of furan rings is 1. The van der Waals surface area contributed by atoms with Crippen LogP contribution in [0.5, 0.6) is 0 Å². The van der Waals surface area contributed by atoms with E-state index < -0.39 is 15.7 Å². The van der Waals surface area contributed by atoms with Gasteiger partial charge in [0.1, 0.15) is 5.82 Å². The summed E-state index contributed by atoms with van der Waals surface area (Å²) in [4.78, 5) is 14.1. The van der Waals surface area contributed by atoms with Crippen LogP contribution in [0.15, 0.2) is 45.9 Å². The minimum absolute atomic E-state index is 0.0405. The van der Waals surface area contributed by atoms with Gasteiger partial charge < -0.3 is 9.32 Å². The molecule has 0 spiro atoms. The molecule has 0 aliphatic carbocycles. The molecule has 0 radical (unpaired) electrons. The first kappa shape index (κ1) is 17.2. The number of rotatable bonds is 5. The van der Waals surface area contributed by atoms with E-state index in [2.05, 4.69) is 0 Å². The van der Waals surface area contributed by atoms with Crippen LogP contribution in [0.3, 0.4) is 0 Å². The second-order valence-corrected chi connectivity index (χ2v) is 7.16. The van der Waals surface area contributed by atoms with Crippen LogP contribution in [0.4, 0.5) is 4.39 Å². The number of halogens is 1. The average Bonchev–Trinajstić information content (AvgIpc) is 2.98. The van der Waals surface area contributed by atoms with E-state index >= 15 is 0 Å². The Kier molecular flexibility index (Phi) is 4.89. The first-order chi connectivity index (χ1) is 10.7. The number of amides is 1. The average molecular weight is 339 g/mol. The maximum Gasteiger partial charge on any atom is 0.290 e. The molecule has 1 heterocycles. The normalized spacial score (nSPS) is 12.9. The molecule has 0 saturated carbocycles. The first-order valence-corrected chi connectivity index (χ1v) is 8.99. The van der Waals surface area contributed by atoms with Crippen molar-refractivity contribution in [3.63, 3.8) is 0 Å². The monoisotopic (exact) mass is 339 g/mol. The molecular formula is C16H18FNO4S. The van der Waals surface area contributed by atoms with E-state index in [4.69, 9.17) is 4.42 Å². The van der Waals surface area contributed by atoms with Crippen LogP contribution in [0.25, 0.3) is 0 Å². The van der Waals surface area contributed by atoms with E-state index in [0.29, 0.717) is 6.54 Å². The molecule has 124 valence electrons. The molecule has 0 bridgehead atoms. The van der Waals surface area contributed by atoms with Gasteiger partial charge in [-0.3, -0.25) is 4.79 Å². The predicted octanol–water partition coefficient (Wildman–Crippen LogP) is 3.05. The van der Waals surface area contributed by atoms with Crippen molar-refractivity contribution in [2.45, 2.75) is 25.0 Å². The molecule has 2 rings (SSSR count). The lowest BCUT2D eigenvalue weighted by Gasteiger charge is -2.27. The molecule has 7 heteroatoms. The second kappa shape index (κ2) is 6.54. The lowest BCUT2D eigenvalue weighted by molar-refractivity contribution is 0.0664. The Morgan fingerprint density at radius 3 is 2.30 bits per heavy atom. The van der Waals surface area contributed by atoms with Crippen LogP contribution in [-0.2, 0) is 9.84 Å². The summed E-state index contributed by atoms with van der Waals surface area (Å²) in [5.41, 5.74) is 0.775. The zero-order valence-corrected chi connectivity index (χ0v) is 13.9. The molecule has 23 heavy (non-hydrogen) atoms. The van der Waals surface area contributed by atoms with Gasteiger partial charge >= 0.3 is 0 Å². The Morgan fingerprint density at radius 1 is 1.22 bits per heavy atom. The lowest BCUT2D eigenvalue weighted by Crippen LogP contribution is -2.33. The van der Waals surface area contributed by atoms with Gasteiger partial charge in [-0.05, 0) is 43.7 Å². The third-order valence-electron chi connectivity index (χ3n) is 3.58. The summed E-state index contributed by atoms with van der Waals surface area (Å²) < 4.78 is 41.1. The van der Waals surface area contributed by atoms with Crippen molar-refractivity contribution in [2.24, 2.45) is 0 Å². The van der Waals surface area contributed by atoms with Crippen molar-refractivity contribution in [3.8, 4) is 0 Å². The zero-order valence-electron chi connectivity index (χ0n) is 13.1. The molecule has 1 atom stereocenters. The van der Waals surface area contributed by atoms with Gasteiger partial charge in [0, 0.05) is 12.8 Å². The number of carbonyl (C=O) groups excluding carboxylic acids is 1. The summed E-state index contributed by atoms with van der Waals surface area (Å²) in [6.45, 7) is 4.01. The SMILES string of the molecule is CCN(C(=O)c1ccc(S(C)(=O)=O)o1)[C@@H](C)c1ccc(F)cc1. The number of hydrogen-bond donors (Lipinski definition) is 0. The van der Waals surface area contributed by atoms with E-state index in [1.807, 2.05) is 6.92 Å². The maximum absolute atomic E-state index is 13.0. The number of hydrogen-bond acceptors (Lipinski definition) is 4. The quantitative estimate of drug-likeness (QED) is 0.840. The fourth-order valence-corrected chi connectivity index (χ4v) is 2.85. The van der Waals surface area contributed by atoms with Crippen molar-refractivity contribution in [3.05, 3.63) is 53.5 Å². The molecular weight excluding hydrogens is 321 g/mol. The Balaban J connectivity index is 2.27.